The smallest absolute Gasteiger partial charge is 0.133 e. The van der Waals surface area contributed by atoms with Crippen molar-refractivity contribution in [1.29, 1.82) is 0 Å². The van der Waals surface area contributed by atoms with Gasteiger partial charge in [-0.15, -0.1) is 22.7 Å². The van der Waals surface area contributed by atoms with E-state index in [1.54, 1.807) is 22.7 Å². The van der Waals surface area contributed by atoms with Gasteiger partial charge in [-0.05, 0) is 41.4 Å². The second-order valence-corrected chi connectivity index (χ2v) is 5.85. The molecule has 2 heterocycles. The van der Waals surface area contributed by atoms with Gasteiger partial charge in [0.1, 0.15) is 5.01 Å². The van der Waals surface area contributed by atoms with Crippen LogP contribution >= 0.6 is 38.6 Å². The number of aryl methyl sites for hydroxylation is 1. The molecule has 2 rings (SSSR count). The summed E-state index contributed by atoms with van der Waals surface area (Å²) in [5.41, 5.74) is 6.63. The summed E-state index contributed by atoms with van der Waals surface area (Å²) in [5, 5.41) is 5.31. The molecule has 0 spiro atoms. The van der Waals surface area contributed by atoms with Crippen molar-refractivity contribution in [3.8, 4) is 9.88 Å². The van der Waals surface area contributed by atoms with E-state index in [-0.39, 0.29) is 0 Å². The number of aromatic nitrogens is 1. The van der Waals surface area contributed by atoms with E-state index in [1.807, 2.05) is 0 Å². The maximum Gasteiger partial charge on any atom is 0.133 e. The number of nitrogens with two attached hydrogens (primary N) is 1. The van der Waals surface area contributed by atoms with E-state index in [0.717, 1.165) is 34.6 Å². The lowest BCUT2D eigenvalue weighted by Gasteiger charge is -1.91. The fraction of sp³-hybridized carbons (Fsp3) is 0.300. The monoisotopic (exact) mass is 302 g/mol. The Morgan fingerprint density at radius 3 is 2.87 bits per heavy atom. The number of halogens is 1. The highest BCUT2D eigenvalue weighted by Crippen LogP contribution is 2.32. The maximum absolute atomic E-state index is 5.47. The summed E-state index contributed by atoms with van der Waals surface area (Å²) in [6.45, 7) is 0.734. The Morgan fingerprint density at radius 2 is 2.20 bits per heavy atom. The first-order valence-electron chi connectivity index (χ1n) is 4.68. The summed E-state index contributed by atoms with van der Waals surface area (Å²) in [6.07, 6.45) is 2.00. The van der Waals surface area contributed by atoms with Crippen molar-refractivity contribution in [2.45, 2.75) is 12.8 Å². The van der Waals surface area contributed by atoms with Crippen molar-refractivity contribution in [2.75, 3.05) is 6.54 Å². The largest absolute Gasteiger partial charge is 0.330 e. The molecule has 2 N–H and O–H groups in total. The summed E-state index contributed by atoms with van der Waals surface area (Å²) in [6, 6.07) is 2.11. The van der Waals surface area contributed by atoms with E-state index >= 15 is 0 Å². The third kappa shape index (κ3) is 2.87. The van der Waals surface area contributed by atoms with Gasteiger partial charge in [-0.2, -0.15) is 0 Å². The van der Waals surface area contributed by atoms with Gasteiger partial charge in [-0.3, -0.25) is 0 Å². The predicted molar refractivity (Wildman–Crippen MR) is 70.5 cm³/mol. The Labute approximate surface area is 105 Å². The fourth-order valence-corrected chi connectivity index (χ4v) is 3.61. The summed E-state index contributed by atoms with van der Waals surface area (Å²) < 4.78 is 1.13. The van der Waals surface area contributed by atoms with Crippen LogP contribution in [0, 0.1) is 0 Å². The lowest BCUT2D eigenvalue weighted by atomic mass is 10.2. The van der Waals surface area contributed by atoms with Gasteiger partial charge in [0, 0.05) is 15.2 Å². The number of thiazole rings is 1. The third-order valence-electron chi connectivity index (χ3n) is 1.97. The zero-order valence-corrected chi connectivity index (χ0v) is 11.3. The molecule has 2 aromatic rings. The van der Waals surface area contributed by atoms with Crippen LogP contribution in [0.25, 0.3) is 9.88 Å². The van der Waals surface area contributed by atoms with Gasteiger partial charge in [0.15, 0.2) is 0 Å². The molecule has 0 saturated heterocycles. The van der Waals surface area contributed by atoms with Gasteiger partial charge in [-0.1, -0.05) is 0 Å². The highest BCUT2D eigenvalue weighted by Gasteiger charge is 2.06. The van der Waals surface area contributed by atoms with Crippen LogP contribution in [-0.4, -0.2) is 11.5 Å². The van der Waals surface area contributed by atoms with E-state index in [9.17, 15) is 0 Å². The second-order valence-electron chi connectivity index (χ2n) is 3.17. The van der Waals surface area contributed by atoms with Crippen LogP contribution in [0.4, 0.5) is 0 Å². The molecule has 0 aliphatic carbocycles. The summed E-state index contributed by atoms with van der Waals surface area (Å²) in [7, 11) is 0. The number of hydrogen-bond acceptors (Lipinski definition) is 4. The molecular weight excluding hydrogens is 292 g/mol. The third-order valence-corrected chi connectivity index (χ3v) is 4.72. The van der Waals surface area contributed by atoms with Gasteiger partial charge in [-0.25, -0.2) is 4.98 Å². The Morgan fingerprint density at radius 1 is 1.33 bits per heavy atom. The van der Waals surface area contributed by atoms with E-state index in [0.29, 0.717) is 0 Å². The molecule has 0 aromatic carbocycles. The number of nitrogens with zero attached hydrogens (tertiary/aromatic N) is 1. The molecule has 0 unspecified atom stereocenters. The highest BCUT2D eigenvalue weighted by molar-refractivity contribution is 9.10. The normalized spacial score (nSPS) is 10.8. The molecule has 80 valence electrons. The molecule has 15 heavy (non-hydrogen) atoms. The zero-order chi connectivity index (χ0) is 10.7. The Balaban J connectivity index is 2.13. The molecule has 5 heteroatoms. The molecule has 0 atom stereocenters. The van der Waals surface area contributed by atoms with Gasteiger partial charge >= 0.3 is 0 Å². The molecule has 0 fully saturated rings. The van der Waals surface area contributed by atoms with Crippen molar-refractivity contribution >= 4 is 38.6 Å². The van der Waals surface area contributed by atoms with Crippen molar-refractivity contribution in [2.24, 2.45) is 5.73 Å². The minimum Gasteiger partial charge on any atom is -0.330 e. The molecule has 0 bridgehead atoms. The number of rotatable bonds is 4. The SMILES string of the molecule is NCCCc1csc(-c2cc(Br)cs2)n1. The molecule has 0 radical (unpaired) electrons. The number of thiophene rings is 1. The van der Waals surface area contributed by atoms with Crippen LogP contribution < -0.4 is 5.73 Å². The molecule has 0 amide bonds. The average Bonchev–Trinajstić information content (AvgIpc) is 2.83. The van der Waals surface area contributed by atoms with E-state index < -0.39 is 0 Å². The summed E-state index contributed by atoms with van der Waals surface area (Å²) in [4.78, 5) is 5.81. The first-order chi connectivity index (χ1) is 7.29. The first-order valence-corrected chi connectivity index (χ1v) is 7.23. The van der Waals surface area contributed by atoms with Gasteiger partial charge in [0.2, 0.25) is 0 Å². The maximum atomic E-state index is 5.47. The van der Waals surface area contributed by atoms with Gasteiger partial charge < -0.3 is 5.73 Å². The minimum absolute atomic E-state index is 0.734. The lowest BCUT2D eigenvalue weighted by Crippen LogP contribution is -2.00. The highest BCUT2D eigenvalue weighted by atomic mass is 79.9. The zero-order valence-electron chi connectivity index (χ0n) is 8.07. The van der Waals surface area contributed by atoms with E-state index in [1.165, 1.54) is 4.88 Å². The van der Waals surface area contributed by atoms with Crippen LogP contribution in [0.15, 0.2) is 21.3 Å². The first kappa shape index (κ1) is 11.3. The van der Waals surface area contributed by atoms with Crippen molar-refractivity contribution in [3.63, 3.8) is 0 Å². The van der Waals surface area contributed by atoms with Crippen LogP contribution in [0.2, 0.25) is 0 Å². The standard InChI is InChI=1S/C10H11BrN2S2/c11-7-4-9(14-5-7)10-13-8(6-15-10)2-1-3-12/h4-6H,1-3,12H2. The van der Waals surface area contributed by atoms with E-state index in [2.05, 4.69) is 37.7 Å². The van der Waals surface area contributed by atoms with Gasteiger partial charge in [0.25, 0.3) is 0 Å². The second kappa shape index (κ2) is 5.21. The van der Waals surface area contributed by atoms with Crippen molar-refractivity contribution in [1.82, 2.24) is 4.98 Å². The van der Waals surface area contributed by atoms with Crippen LogP contribution in [0.3, 0.4) is 0 Å². The quantitative estimate of drug-likeness (QED) is 0.938. The molecule has 0 aliphatic heterocycles. The van der Waals surface area contributed by atoms with Crippen LogP contribution in [-0.2, 0) is 6.42 Å². The Bertz CT molecular complexity index is 436. The lowest BCUT2D eigenvalue weighted by molar-refractivity contribution is 0.816. The topological polar surface area (TPSA) is 38.9 Å². The summed E-state index contributed by atoms with van der Waals surface area (Å²) in [5.74, 6) is 0. The number of hydrogen-bond donors (Lipinski definition) is 1. The van der Waals surface area contributed by atoms with Crippen LogP contribution in [0.1, 0.15) is 12.1 Å². The Hall–Kier alpha value is -0.230. The van der Waals surface area contributed by atoms with Crippen molar-refractivity contribution < 1.29 is 0 Å². The van der Waals surface area contributed by atoms with E-state index in [4.69, 9.17) is 5.73 Å². The molecule has 0 aliphatic rings. The average molecular weight is 303 g/mol. The van der Waals surface area contributed by atoms with Gasteiger partial charge in [0.05, 0.1) is 10.6 Å². The van der Waals surface area contributed by atoms with Crippen LogP contribution in [0.5, 0.6) is 0 Å². The minimum atomic E-state index is 0.734. The molecule has 2 aromatic heterocycles. The summed E-state index contributed by atoms with van der Waals surface area (Å²) >= 11 is 6.87. The Kier molecular flexibility index (Phi) is 3.91. The predicted octanol–water partition coefficient (Wildman–Crippen LogP) is 3.53. The molecular formula is C10H11BrN2S2. The van der Waals surface area contributed by atoms with Crippen molar-refractivity contribution in [3.05, 3.63) is 27.0 Å². The molecule has 0 saturated carbocycles. The fourth-order valence-electron chi connectivity index (χ4n) is 1.24. The molecule has 2 nitrogen and oxygen atoms in total.